The Morgan fingerprint density at radius 2 is 2.07 bits per heavy atom. The summed E-state index contributed by atoms with van der Waals surface area (Å²) in [5.74, 6) is -0.0738. The van der Waals surface area contributed by atoms with Crippen LogP contribution >= 0.6 is 11.6 Å². The summed E-state index contributed by atoms with van der Waals surface area (Å²) < 4.78 is 0. The van der Waals surface area contributed by atoms with Crippen molar-refractivity contribution in [2.45, 2.75) is 19.9 Å². The third kappa shape index (κ3) is 1.79. The van der Waals surface area contributed by atoms with Crippen LogP contribution in [-0.4, -0.2) is 11.9 Å². The second-order valence-corrected chi connectivity index (χ2v) is 4.28. The number of carbonyl (C=O) groups excluding carboxylic acids is 1. The minimum Gasteiger partial charge on any atom is -0.380 e. The van der Waals surface area contributed by atoms with Crippen LogP contribution in [0, 0.1) is 5.92 Å². The lowest BCUT2D eigenvalue weighted by molar-refractivity contribution is -0.119. The lowest BCUT2D eigenvalue weighted by atomic mass is 10.0. The molecule has 2 rings (SSSR count). The molecular weight excluding hydrogens is 212 g/mol. The van der Waals surface area contributed by atoms with Crippen LogP contribution in [0.15, 0.2) is 18.2 Å². The highest BCUT2D eigenvalue weighted by molar-refractivity contribution is 6.34. The maximum Gasteiger partial charge on any atom is 0.229 e. The zero-order chi connectivity index (χ0) is 11.0. The van der Waals surface area contributed by atoms with E-state index >= 15 is 0 Å². The van der Waals surface area contributed by atoms with E-state index in [2.05, 4.69) is 10.6 Å². The first kappa shape index (κ1) is 10.3. The molecule has 1 heterocycles. The molecule has 0 aromatic heterocycles. The van der Waals surface area contributed by atoms with E-state index in [0.29, 0.717) is 10.7 Å². The van der Waals surface area contributed by atoms with E-state index in [1.807, 2.05) is 26.0 Å². The third-order valence-corrected chi connectivity index (χ3v) is 3.12. The van der Waals surface area contributed by atoms with Gasteiger partial charge in [-0.2, -0.15) is 0 Å². The summed E-state index contributed by atoms with van der Waals surface area (Å²) in [7, 11) is 0. The highest BCUT2D eigenvalue weighted by Gasteiger charge is 2.26. The molecule has 0 fully saturated rings. The molecule has 0 spiro atoms. The first-order valence-corrected chi connectivity index (χ1v) is 5.33. The Bertz CT molecular complexity index is 406. The minimum atomic E-state index is -0.0755. The van der Waals surface area contributed by atoms with Crippen LogP contribution in [0.2, 0.25) is 5.02 Å². The molecule has 80 valence electrons. The number of para-hydroxylation sites is 1. The van der Waals surface area contributed by atoms with Crippen LogP contribution < -0.4 is 10.6 Å². The lowest BCUT2D eigenvalue weighted by Gasteiger charge is -2.16. The van der Waals surface area contributed by atoms with Crippen molar-refractivity contribution in [1.82, 2.24) is 0 Å². The van der Waals surface area contributed by atoms with E-state index in [9.17, 15) is 4.79 Å². The molecular formula is C11H13ClN2O. The van der Waals surface area contributed by atoms with E-state index in [1.165, 1.54) is 0 Å². The molecule has 0 saturated heterocycles. The van der Waals surface area contributed by atoms with Gasteiger partial charge in [0.2, 0.25) is 5.91 Å². The van der Waals surface area contributed by atoms with Crippen molar-refractivity contribution in [3.63, 3.8) is 0 Å². The van der Waals surface area contributed by atoms with E-state index in [0.717, 1.165) is 5.69 Å². The van der Waals surface area contributed by atoms with Crippen LogP contribution in [-0.2, 0) is 4.79 Å². The van der Waals surface area contributed by atoms with Crippen molar-refractivity contribution in [2.24, 2.45) is 5.92 Å². The van der Waals surface area contributed by atoms with Gasteiger partial charge in [-0.1, -0.05) is 24.6 Å². The van der Waals surface area contributed by atoms with E-state index in [4.69, 9.17) is 11.6 Å². The first-order chi connectivity index (χ1) is 7.09. The highest BCUT2D eigenvalue weighted by Crippen LogP contribution is 2.33. The number of nitrogens with one attached hydrogen (secondary N) is 2. The topological polar surface area (TPSA) is 41.1 Å². The van der Waals surface area contributed by atoms with Crippen molar-refractivity contribution >= 4 is 28.9 Å². The van der Waals surface area contributed by atoms with Crippen LogP contribution in [0.5, 0.6) is 0 Å². The summed E-state index contributed by atoms with van der Waals surface area (Å²) >= 11 is 6.02. The molecule has 3 nitrogen and oxygen atoms in total. The van der Waals surface area contributed by atoms with Crippen molar-refractivity contribution < 1.29 is 4.79 Å². The maximum absolute atomic E-state index is 11.7. The van der Waals surface area contributed by atoms with Crippen molar-refractivity contribution in [3.05, 3.63) is 23.2 Å². The van der Waals surface area contributed by atoms with Gasteiger partial charge in [0.15, 0.2) is 0 Å². The Labute approximate surface area is 93.8 Å². The Morgan fingerprint density at radius 3 is 2.80 bits per heavy atom. The van der Waals surface area contributed by atoms with E-state index in [-0.39, 0.29) is 17.9 Å². The quantitative estimate of drug-likeness (QED) is 0.712. The Hall–Kier alpha value is -1.22. The van der Waals surface area contributed by atoms with Gasteiger partial charge in [-0.3, -0.25) is 4.79 Å². The SMILES string of the molecule is CC1Nc2cccc(Cl)c2NC(=O)C1C. The number of anilines is 2. The van der Waals surface area contributed by atoms with Crippen molar-refractivity contribution in [3.8, 4) is 0 Å². The van der Waals surface area contributed by atoms with Crippen molar-refractivity contribution in [2.75, 3.05) is 10.6 Å². The number of hydrogen-bond acceptors (Lipinski definition) is 2. The fourth-order valence-electron chi connectivity index (χ4n) is 1.61. The summed E-state index contributed by atoms with van der Waals surface area (Å²) in [6.07, 6.45) is 0. The number of halogens is 1. The van der Waals surface area contributed by atoms with Gasteiger partial charge >= 0.3 is 0 Å². The van der Waals surface area contributed by atoms with E-state index < -0.39 is 0 Å². The van der Waals surface area contributed by atoms with Gasteiger partial charge in [-0.25, -0.2) is 0 Å². The smallest absolute Gasteiger partial charge is 0.229 e. The fourth-order valence-corrected chi connectivity index (χ4v) is 1.83. The minimum absolute atomic E-state index is 0.00171. The predicted molar refractivity (Wildman–Crippen MR) is 62.3 cm³/mol. The monoisotopic (exact) mass is 224 g/mol. The van der Waals surface area contributed by atoms with Gasteiger partial charge < -0.3 is 10.6 Å². The van der Waals surface area contributed by atoms with Crippen LogP contribution in [0.3, 0.4) is 0 Å². The average Bonchev–Trinajstić information content (AvgIpc) is 2.30. The zero-order valence-electron chi connectivity index (χ0n) is 8.67. The maximum atomic E-state index is 11.7. The molecule has 1 aromatic rings. The van der Waals surface area contributed by atoms with Crippen LogP contribution in [0.1, 0.15) is 13.8 Å². The first-order valence-electron chi connectivity index (χ1n) is 4.95. The fraction of sp³-hybridized carbons (Fsp3) is 0.364. The normalized spacial score (nSPS) is 24.9. The van der Waals surface area contributed by atoms with Gasteiger partial charge in [-0.05, 0) is 19.1 Å². The van der Waals surface area contributed by atoms with Gasteiger partial charge in [-0.15, -0.1) is 0 Å². The van der Waals surface area contributed by atoms with Crippen LogP contribution in [0.25, 0.3) is 0 Å². The second-order valence-electron chi connectivity index (χ2n) is 3.87. The molecule has 1 aliphatic rings. The highest BCUT2D eigenvalue weighted by atomic mass is 35.5. The number of carbonyl (C=O) groups is 1. The lowest BCUT2D eigenvalue weighted by Crippen LogP contribution is -2.30. The summed E-state index contributed by atoms with van der Waals surface area (Å²) in [6.45, 7) is 3.88. The molecule has 1 amide bonds. The largest absolute Gasteiger partial charge is 0.380 e. The number of fused-ring (bicyclic) bond motifs is 1. The average molecular weight is 225 g/mol. The molecule has 2 atom stereocenters. The molecule has 2 unspecified atom stereocenters. The second kappa shape index (κ2) is 3.74. The summed E-state index contributed by atoms with van der Waals surface area (Å²) in [5, 5.41) is 6.68. The standard InChI is InChI=1S/C11H13ClN2O/c1-6-7(2)13-9-5-3-4-8(12)10(9)14-11(6)15/h3-7,13H,1-2H3,(H,14,15). The summed E-state index contributed by atoms with van der Waals surface area (Å²) in [6, 6.07) is 5.65. The predicted octanol–water partition coefficient (Wildman–Crippen LogP) is 2.73. The molecule has 2 N–H and O–H groups in total. The molecule has 0 saturated carbocycles. The molecule has 1 aromatic carbocycles. The summed E-state index contributed by atoms with van der Waals surface area (Å²) in [5.41, 5.74) is 1.56. The molecule has 0 bridgehead atoms. The molecule has 4 heteroatoms. The van der Waals surface area contributed by atoms with Crippen molar-refractivity contribution in [1.29, 1.82) is 0 Å². The zero-order valence-corrected chi connectivity index (χ0v) is 9.43. The number of hydrogen-bond donors (Lipinski definition) is 2. The van der Waals surface area contributed by atoms with Gasteiger partial charge in [0.1, 0.15) is 0 Å². The number of rotatable bonds is 0. The van der Waals surface area contributed by atoms with Gasteiger partial charge in [0.05, 0.1) is 22.3 Å². The Morgan fingerprint density at radius 1 is 1.33 bits per heavy atom. The Kier molecular flexibility index (Phi) is 2.57. The number of amides is 1. The summed E-state index contributed by atoms with van der Waals surface area (Å²) in [4.78, 5) is 11.7. The molecule has 1 aliphatic heterocycles. The molecule has 0 radical (unpaired) electrons. The third-order valence-electron chi connectivity index (χ3n) is 2.81. The number of benzene rings is 1. The van der Waals surface area contributed by atoms with Gasteiger partial charge in [0.25, 0.3) is 0 Å². The van der Waals surface area contributed by atoms with Gasteiger partial charge in [0, 0.05) is 6.04 Å². The Balaban J connectivity index is 2.47. The molecule has 15 heavy (non-hydrogen) atoms. The van der Waals surface area contributed by atoms with E-state index in [1.54, 1.807) is 6.07 Å². The van der Waals surface area contributed by atoms with Crippen LogP contribution in [0.4, 0.5) is 11.4 Å². The molecule has 0 aliphatic carbocycles.